The van der Waals surface area contributed by atoms with Crippen LogP contribution >= 0.6 is 0 Å². The summed E-state index contributed by atoms with van der Waals surface area (Å²) in [6.07, 6.45) is 0.935. The molecule has 0 aromatic heterocycles. The van der Waals surface area contributed by atoms with Gasteiger partial charge in [-0.15, -0.1) is 0 Å². The highest BCUT2D eigenvalue weighted by Gasteiger charge is 2.35. The Balaban J connectivity index is 1.54. The number of benzene rings is 2. The summed E-state index contributed by atoms with van der Waals surface area (Å²) in [5.41, 5.74) is 3.95. The van der Waals surface area contributed by atoms with E-state index in [0.717, 1.165) is 39.1 Å². The Morgan fingerprint density at radius 3 is 2.57 bits per heavy atom. The van der Waals surface area contributed by atoms with Gasteiger partial charge in [0, 0.05) is 32.7 Å². The molecule has 2 fully saturated rings. The lowest BCUT2D eigenvalue weighted by atomic mass is 9.83. The normalized spacial score (nSPS) is 23.5. The third-order valence-corrected chi connectivity index (χ3v) is 5.96. The average molecular weight is 379 g/mol. The minimum atomic E-state index is 0.0566. The highest BCUT2D eigenvalue weighted by Crippen LogP contribution is 2.32. The lowest BCUT2D eigenvalue weighted by molar-refractivity contribution is -0.141. The molecule has 2 unspecified atom stereocenters. The van der Waals surface area contributed by atoms with Gasteiger partial charge in [0.1, 0.15) is 0 Å². The van der Waals surface area contributed by atoms with E-state index in [2.05, 4.69) is 66.4 Å². The van der Waals surface area contributed by atoms with E-state index in [9.17, 15) is 4.79 Å². The van der Waals surface area contributed by atoms with Crippen molar-refractivity contribution in [2.24, 2.45) is 5.92 Å². The summed E-state index contributed by atoms with van der Waals surface area (Å²) in [5, 5.41) is 0. The number of hydrogen-bond donors (Lipinski definition) is 0. The monoisotopic (exact) mass is 378 g/mol. The van der Waals surface area contributed by atoms with Gasteiger partial charge in [0.25, 0.3) is 0 Å². The van der Waals surface area contributed by atoms with E-state index >= 15 is 0 Å². The zero-order valence-electron chi connectivity index (χ0n) is 16.7. The fourth-order valence-corrected chi connectivity index (χ4v) is 4.55. The van der Waals surface area contributed by atoms with Crippen molar-refractivity contribution in [1.82, 2.24) is 9.80 Å². The first kappa shape index (κ1) is 19.2. The number of nitrogens with zero attached hydrogens (tertiary/aromatic N) is 2. The number of rotatable bonds is 4. The van der Waals surface area contributed by atoms with Crippen LogP contribution in [0.1, 0.15) is 29.0 Å². The number of ether oxygens (including phenoxy) is 1. The number of likely N-dealkylation sites (tertiary alicyclic amines) is 1. The lowest BCUT2D eigenvalue weighted by Gasteiger charge is -2.40. The van der Waals surface area contributed by atoms with Crippen molar-refractivity contribution in [1.29, 1.82) is 0 Å². The summed E-state index contributed by atoms with van der Waals surface area (Å²) in [7, 11) is 0. The zero-order valence-corrected chi connectivity index (χ0v) is 16.7. The van der Waals surface area contributed by atoms with Crippen LogP contribution in [-0.2, 0) is 16.1 Å². The fraction of sp³-hybridized carbons (Fsp3) is 0.458. The Morgan fingerprint density at radius 2 is 1.82 bits per heavy atom. The number of carbonyl (C=O) groups excluding carboxylic acids is 1. The van der Waals surface area contributed by atoms with Crippen LogP contribution in [0, 0.1) is 12.8 Å². The molecular weight excluding hydrogens is 348 g/mol. The van der Waals surface area contributed by atoms with Gasteiger partial charge in [0.05, 0.1) is 19.1 Å². The molecule has 4 rings (SSSR count). The average Bonchev–Trinajstić information content (AvgIpc) is 2.74. The Morgan fingerprint density at radius 1 is 1.04 bits per heavy atom. The molecule has 2 saturated heterocycles. The Hall–Kier alpha value is -2.17. The first-order valence-electron chi connectivity index (χ1n) is 10.4. The standard InChI is InChI=1S/C24H30N2O2/c1-19-6-5-9-21(14-19)22-15-23(24(27)26-10-12-28-13-11-26)18-25(17-22)16-20-7-3-2-4-8-20/h2-9,14,22-23H,10-13,15-18H2,1H3. The first-order chi connectivity index (χ1) is 13.7. The number of morpholine rings is 1. The molecule has 2 aliphatic rings. The van der Waals surface area contributed by atoms with Gasteiger partial charge in [-0.2, -0.15) is 0 Å². The topological polar surface area (TPSA) is 32.8 Å². The number of amides is 1. The van der Waals surface area contributed by atoms with Crippen molar-refractivity contribution in [3.63, 3.8) is 0 Å². The van der Waals surface area contributed by atoms with E-state index in [1.165, 1.54) is 16.7 Å². The van der Waals surface area contributed by atoms with Crippen molar-refractivity contribution in [2.75, 3.05) is 39.4 Å². The summed E-state index contributed by atoms with van der Waals surface area (Å²) in [6, 6.07) is 19.4. The highest BCUT2D eigenvalue weighted by atomic mass is 16.5. The van der Waals surface area contributed by atoms with Crippen LogP contribution in [0.15, 0.2) is 54.6 Å². The predicted molar refractivity (Wildman–Crippen MR) is 111 cm³/mol. The van der Waals surface area contributed by atoms with E-state index in [1.54, 1.807) is 0 Å². The number of carbonyl (C=O) groups is 1. The first-order valence-corrected chi connectivity index (χ1v) is 10.4. The highest BCUT2D eigenvalue weighted by molar-refractivity contribution is 5.79. The molecule has 0 radical (unpaired) electrons. The fourth-order valence-electron chi connectivity index (χ4n) is 4.55. The van der Waals surface area contributed by atoms with Gasteiger partial charge >= 0.3 is 0 Å². The van der Waals surface area contributed by atoms with Gasteiger partial charge in [-0.1, -0.05) is 60.2 Å². The molecule has 4 heteroatoms. The van der Waals surface area contributed by atoms with Crippen LogP contribution in [0.5, 0.6) is 0 Å². The van der Waals surface area contributed by atoms with E-state index < -0.39 is 0 Å². The van der Waals surface area contributed by atoms with Crippen LogP contribution < -0.4 is 0 Å². The molecule has 0 saturated carbocycles. The maximum Gasteiger partial charge on any atom is 0.227 e. The molecular formula is C24H30N2O2. The lowest BCUT2D eigenvalue weighted by Crippen LogP contribution is -2.49. The maximum absolute atomic E-state index is 13.2. The zero-order chi connectivity index (χ0) is 19.3. The molecule has 2 aromatic rings. The smallest absolute Gasteiger partial charge is 0.227 e. The molecule has 0 bridgehead atoms. The summed E-state index contributed by atoms with van der Waals surface area (Å²) in [5.74, 6) is 0.757. The van der Waals surface area contributed by atoms with E-state index in [-0.39, 0.29) is 5.92 Å². The molecule has 2 atom stereocenters. The van der Waals surface area contributed by atoms with Crippen LogP contribution in [0.3, 0.4) is 0 Å². The Kier molecular flexibility index (Phi) is 6.08. The van der Waals surface area contributed by atoms with Gasteiger partial charge in [0.2, 0.25) is 5.91 Å². The van der Waals surface area contributed by atoms with Crippen molar-refractivity contribution < 1.29 is 9.53 Å². The molecule has 28 heavy (non-hydrogen) atoms. The van der Waals surface area contributed by atoms with E-state index in [4.69, 9.17) is 4.74 Å². The second-order valence-corrected chi connectivity index (χ2v) is 8.16. The van der Waals surface area contributed by atoms with Crippen molar-refractivity contribution in [3.05, 3.63) is 71.3 Å². The van der Waals surface area contributed by atoms with Crippen LogP contribution in [0.2, 0.25) is 0 Å². The molecule has 0 spiro atoms. The Labute approximate surface area is 168 Å². The van der Waals surface area contributed by atoms with Gasteiger partial charge in [-0.05, 0) is 30.4 Å². The summed E-state index contributed by atoms with van der Waals surface area (Å²) in [4.78, 5) is 17.7. The summed E-state index contributed by atoms with van der Waals surface area (Å²) < 4.78 is 5.44. The minimum absolute atomic E-state index is 0.0566. The van der Waals surface area contributed by atoms with E-state index in [1.807, 2.05) is 4.90 Å². The van der Waals surface area contributed by atoms with Gasteiger partial charge in [0.15, 0.2) is 0 Å². The summed E-state index contributed by atoms with van der Waals surface area (Å²) >= 11 is 0. The number of hydrogen-bond acceptors (Lipinski definition) is 3. The molecule has 148 valence electrons. The molecule has 2 aromatic carbocycles. The van der Waals surface area contributed by atoms with Crippen molar-refractivity contribution in [2.45, 2.75) is 25.8 Å². The molecule has 2 heterocycles. The van der Waals surface area contributed by atoms with Crippen LogP contribution in [0.25, 0.3) is 0 Å². The van der Waals surface area contributed by atoms with Crippen LogP contribution in [-0.4, -0.2) is 55.1 Å². The molecule has 0 N–H and O–H groups in total. The summed E-state index contributed by atoms with van der Waals surface area (Å²) in [6.45, 7) is 7.66. The SMILES string of the molecule is Cc1cccc(C2CC(C(=O)N3CCOCC3)CN(Cc3ccccc3)C2)c1. The third-order valence-electron chi connectivity index (χ3n) is 5.96. The van der Waals surface area contributed by atoms with E-state index in [0.29, 0.717) is 25.0 Å². The molecule has 2 aliphatic heterocycles. The van der Waals surface area contributed by atoms with Crippen molar-refractivity contribution >= 4 is 5.91 Å². The second kappa shape index (κ2) is 8.89. The third kappa shape index (κ3) is 4.62. The number of piperidine rings is 1. The quantitative estimate of drug-likeness (QED) is 0.817. The van der Waals surface area contributed by atoms with Crippen LogP contribution in [0.4, 0.5) is 0 Å². The number of aryl methyl sites for hydroxylation is 1. The second-order valence-electron chi connectivity index (χ2n) is 8.16. The largest absolute Gasteiger partial charge is 0.378 e. The molecule has 1 amide bonds. The van der Waals surface area contributed by atoms with Gasteiger partial charge in [-0.25, -0.2) is 0 Å². The van der Waals surface area contributed by atoms with Crippen molar-refractivity contribution in [3.8, 4) is 0 Å². The van der Waals surface area contributed by atoms with Gasteiger partial charge in [-0.3, -0.25) is 9.69 Å². The Bertz CT molecular complexity index is 786. The predicted octanol–water partition coefficient (Wildman–Crippen LogP) is 3.46. The molecule has 4 nitrogen and oxygen atoms in total. The maximum atomic E-state index is 13.2. The molecule has 0 aliphatic carbocycles. The minimum Gasteiger partial charge on any atom is -0.378 e. The van der Waals surface area contributed by atoms with Gasteiger partial charge < -0.3 is 9.64 Å².